The first-order valence-corrected chi connectivity index (χ1v) is 7.27. The number of nitrogens with one attached hydrogen (secondary N) is 2. The van der Waals surface area contributed by atoms with Crippen molar-refractivity contribution in [1.82, 2.24) is 25.6 Å². The number of fused-ring (bicyclic) bond motifs is 1. The fourth-order valence-electron chi connectivity index (χ4n) is 3.43. The summed E-state index contributed by atoms with van der Waals surface area (Å²) in [6.07, 6.45) is 1.22. The number of rotatable bonds is 1. The van der Waals surface area contributed by atoms with Gasteiger partial charge in [-0.25, -0.2) is 4.79 Å². The van der Waals surface area contributed by atoms with Crippen molar-refractivity contribution in [2.75, 3.05) is 25.0 Å². The number of aromatic amines is 1. The van der Waals surface area contributed by atoms with Gasteiger partial charge in [0.25, 0.3) is 5.91 Å². The number of piperidine rings is 1. The molecule has 2 aliphatic heterocycles. The Morgan fingerprint density at radius 1 is 1.14 bits per heavy atom. The van der Waals surface area contributed by atoms with Gasteiger partial charge in [-0.05, 0) is 44.1 Å². The molecule has 8 nitrogen and oxygen atoms in total. The van der Waals surface area contributed by atoms with Crippen LogP contribution in [0.25, 0.3) is 11.0 Å². The molecular formula is C14H16N6O2. The van der Waals surface area contributed by atoms with Crippen LogP contribution in [-0.2, 0) is 4.79 Å². The number of imide groups is 1. The number of carbonyl (C=O) groups excluding carboxylic acids is 2. The summed E-state index contributed by atoms with van der Waals surface area (Å²) in [7, 11) is 1.54. The highest BCUT2D eigenvalue weighted by Crippen LogP contribution is 2.39. The Balaban J connectivity index is 1.85. The Morgan fingerprint density at radius 2 is 1.86 bits per heavy atom. The van der Waals surface area contributed by atoms with Crippen molar-refractivity contribution in [1.29, 1.82) is 0 Å². The summed E-state index contributed by atoms with van der Waals surface area (Å²) in [6, 6.07) is 5.14. The zero-order chi connectivity index (χ0) is 15.3. The monoisotopic (exact) mass is 300 g/mol. The third kappa shape index (κ3) is 1.61. The van der Waals surface area contributed by atoms with E-state index in [1.54, 1.807) is 24.1 Å². The Bertz CT molecular complexity index is 764. The third-order valence-electron chi connectivity index (χ3n) is 4.60. The van der Waals surface area contributed by atoms with E-state index in [2.05, 4.69) is 20.7 Å². The SMILES string of the molecule is CN1C(=O)N(c2ccc3n[nH]nc3c2)C2(CCNCC2)C1=O. The minimum atomic E-state index is -0.783. The maximum absolute atomic E-state index is 12.7. The van der Waals surface area contributed by atoms with Gasteiger partial charge in [0, 0.05) is 12.7 Å². The van der Waals surface area contributed by atoms with Gasteiger partial charge in [-0.2, -0.15) is 15.4 Å². The van der Waals surface area contributed by atoms with Gasteiger partial charge in [-0.3, -0.25) is 14.6 Å². The Hall–Kier alpha value is -2.48. The number of benzene rings is 1. The first-order valence-electron chi connectivity index (χ1n) is 7.27. The predicted molar refractivity (Wildman–Crippen MR) is 79.4 cm³/mol. The summed E-state index contributed by atoms with van der Waals surface area (Å²) in [5, 5.41) is 13.9. The van der Waals surface area contributed by atoms with Crippen LogP contribution in [0.3, 0.4) is 0 Å². The lowest BCUT2D eigenvalue weighted by atomic mass is 9.86. The molecule has 2 aromatic rings. The molecule has 22 heavy (non-hydrogen) atoms. The molecule has 1 aromatic carbocycles. The number of likely N-dealkylation sites (N-methyl/N-ethyl adjacent to an activating group) is 1. The summed E-state index contributed by atoms with van der Waals surface area (Å²) in [6.45, 7) is 1.44. The second-order valence-corrected chi connectivity index (χ2v) is 5.76. The van der Waals surface area contributed by atoms with Gasteiger partial charge in [0.2, 0.25) is 0 Å². The van der Waals surface area contributed by atoms with E-state index >= 15 is 0 Å². The van der Waals surface area contributed by atoms with Crippen molar-refractivity contribution in [3.8, 4) is 0 Å². The Labute approximate surface area is 126 Å². The molecule has 3 heterocycles. The van der Waals surface area contributed by atoms with Crippen LogP contribution in [0.2, 0.25) is 0 Å². The highest BCUT2D eigenvalue weighted by atomic mass is 16.2. The molecule has 1 spiro atoms. The van der Waals surface area contributed by atoms with Crippen LogP contribution in [0.15, 0.2) is 18.2 Å². The van der Waals surface area contributed by atoms with Crippen molar-refractivity contribution >= 4 is 28.7 Å². The quantitative estimate of drug-likeness (QED) is 0.747. The smallest absolute Gasteiger partial charge is 0.317 e. The second kappa shape index (κ2) is 4.51. The number of aromatic nitrogens is 3. The number of hydrogen-bond donors (Lipinski definition) is 2. The highest BCUT2D eigenvalue weighted by Gasteiger charge is 2.56. The lowest BCUT2D eigenvalue weighted by Crippen LogP contribution is -2.56. The lowest BCUT2D eigenvalue weighted by molar-refractivity contribution is -0.130. The van der Waals surface area contributed by atoms with Gasteiger partial charge in [0.1, 0.15) is 16.6 Å². The first-order chi connectivity index (χ1) is 10.6. The summed E-state index contributed by atoms with van der Waals surface area (Å²) >= 11 is 0. The molecule has 2 saturated heterocycles. The van der Waals surface area contributed by atoms with E-state index in [9.17, 15) is 9.59 Å². The first kappa shape index (κ1) is 13.2. The summed E-state index contributed by atoms with van der Waals surface area (Å²) < 4.78 is 0. The van der Waals surface area contributed by atoms with Crippen LogP contribution >= 0.6 is 0 Å². The lowest BCUT2D eigenvalue weighted by Gasteiger charge is -2.38. The zero-order valence-electron chi connectivity index (χ0n) is 12.2. The minimum absolute atomic E-state index is 0.126. The molecule has 0 radical (unpaired) electrons. The zero-order valence-corrected chi connectivity index (χ0v) is 12.2. The van der Waals surface area contributed by atoms with Crippen LogP contribution in [0, 0.1) is 0 Å². The average molecular weight is 300 g/mol. The normalized spacial score (nSPS) is 21.3. The molecule has 2 fully saturated rings. The van der Waals surface area contributed by atoms with E-state index in [1.165, 1.54) is 4.90 Å². The van der Waals surface area contributed by atoms with E-state index in [0.717, 1.165) is 18.6 Å². The van der Waals surface area contributed by atoms with Gasteiger partial charge in [0.05, 0.1) is 0 Å². The number of hydrogen-bond acceptors (Lipinski definition) is 5. The average Bonchev–Trinajstić information content (AvgIpc) is 3.07. The van der Waals surface area contributed by atoms with E-state index in [0.29, 0.717) is 24.0 Å². The third-order valence-corrected chi connectivity index (χ3v) is 4.60. The number of urea groups is 1. The van der Waals surface area contributed by atoms with Crippen LogP contribution in [0.1, 0.15) is 12.8 Å². The van der Waals surface area contributed by atoms with E-state index < -0.39 is 5.54 Å². The fourth-order valence-corrected chi connectivity index (χ4v) is 3.43. The second-order valence-electron chi connectivity index (χ2n) is 5.76. The standard InChI is InChI=1S/C14H16N6O2/c1-19-12(21)14(4-6-15-7-5-14)20(13(19)22)9-2-3-10-11(8-9)17-18-16-10/h2-3,8,15H,4-7H2,1H3,(H,16,17,18). The maximum Gasteiger partial charge on any atom is 0.331 e. The number of nitrogens with zero attached hydrogens (tertiary/aromatic N) is 4. The van der Waals surface area contributed by atoms with E-state index in [-0.39, 0.29) is 11.9 Å². The summed E-state index contributed by atoms with van der Waals surface area (Å²) in [5.74, 6) is -0.126. The topological polar surface area (TPSA) is 94.2 Å². The molecule has 0 bridgehead atoms. The molecule has 1 aromatic heterocycles. The molecule has 0 atom stereocenters. The van der Waals surface area contributed by atoms with Crippen molar-refractivity contribution in [3.63, 3.8) is 0 Å². The summed E-state index contributed by atoms with van der Waals surface area (Å²) in [4.78, 5) is 28.2. The van der Waals surface area contributed by atoms with E-state index in [4.69, 9.17) is 0 Å². The number of carbonyl (C=O) groups is 2. The molecule has 8 heteroatoms. The molecule has 3 amide bonds. The molecule has 0 unspecified atom stereocenters. The van der Waals surface area contributed by atoms with Gasteiger partial charge < -0.3 is 5.32 Å². The molecule has 114 valence electrons. The Morgan fingerprint density at radius 3 is 2.64 bits per heavy atom. The minimum Gasteiger partial charge on any atom is -0.317 e. The number of H-pyrrole nitrogens is 1. The van der Waals surface area contributed by atoms with Crippen LogP contribution < -0.4 is 10.2 Å². The number of amides is 3. The van der Waals surface area contributed by atoms with Crippen molar-refractivity contribution in [2.45, 2.75) is 18.4 Å². The van der Waals surface area contributed by atoms with Gasteiger partial charge in [-0.1, -0.05) is 0 Å². The largest absolute Gasteiger partial charge is 0.331 e. The van der Waals surface area contributed by atoms with Gasteiger partial charge in [-0.15, -0.1) is 0 Å². The van der Waals surface area contributed by atoms with Crippen LogP contribution in [-0.4, -0.2) is 57.9 Å². The van der Waals surface area contributed by atoms with E-state index in [1.807, 2.05) is 6.07 Å². The molecular weight excluding hydrogens is 284 g/mol. The predicted octanol–water partition coefficient (Wildman–Crippen LogP) is 0.478. The number of anilines is 1. The van der Waals surface area contributed by atoms with Gasteiger partial charge in [0.15, 0.2) is 0 Å². The van der Waals surface area contributed by atoms with Crippen molar-refractivity contribution < 1.29 is 9.59 Å². The molecule has 0 aliphatic carbocycles. The fraction of sp³-hybridized carbons (Fsp3) is 0.429. The Kier molecular flexibility index (Phi) is 2.70. The van der Waals surface area contributed by atoms with Crippen molar-refractivity contribution in [2.24, 2.45) is 0 Å². The molecule has 0 saturated carbocycles. The van der Waals surface area contributed by atoms with Crippen molar-refractivity contribution in [3.05, 3.63) is 18.2 Å². The van der Waals surface area contributed by atoms with Crippen LogP contribution in [0.4, 0.5) is 10.5 Å². The molecule has 2 aliphatic rings. The molecule has 4 rings (SSSR count). The maximum atomic E-state index is 12.7. The van der Waals surface area contributed by atoms with Crippen LogP contribution in [0.5, 0.6) is 0 Å². The molecule has 2 N–H and O–H groups in total. The highest BCUT2D eigenvalue weighted by molar-refractivity contribution is 6.17. The summed E-state index contributed by atoms with van der Waals surface area (Å²) in [5.41, 5.74) is 1.31. The van der Waals surface area contributed by atoms with Gasteiger partial charge >= 0.3 is 6.03 Å².